The Labute approximate surface area is 223 Å². The summed E-state index contributed by atoms with van der Waals surface area (Å²) in [6.45, 7) is 4.52. The smallest absolute Gasteiger partial charge is 0.327 e. The SMILES string of the molecule is CCCCCOCCCCOc1cnc(-c2ccc(CCCCCCCCC/C=C/C(=O)O)cc2)nc1. The molecular weight excluding hydrogens is 464 g/mol. The molecule has 0 aliphatic heterocycles. The Hall–Kier alpha value is -2.73. The van der Waals surface area contributed by atoms with Gasteiger partial charge in [-0.25, -0.2) is 14.8 Å². The van der Waals surface area contributed by atoms with Gasteiger partial charge in [0.1, 0.15) is 0 Å². The second-order valence-electron chi connectivity index (χ2n) is 9.57. The van der Waals surface area contributed by atoms with Crippen molar-refractivity contribution in [3.8, 4) is 17.1 Å². The third kappa shape index (κ3) is 15.2. The molecule has 1 N–H and O–H groups in total. The topological polar surface area (TPSA) is 81.5 Å². The average molecular weight is 511 g/mol. The highest BCUT2D eigenvalue weighted by Crippen LogP contribution is 2.19. The molecule has 0 saturated carbocycles. The highest BCUT2D eigenvalue weighted by atomic mass is 16.5. The quantitative estimate of drug-likeness (QED) is 0.128. The van der Waals surface area contributed by atoms with E-state index in [1.165, 1.54) is 63.0 Å². The van der Waals surface area contributed by atoms with Crippen LogP contribution >= 0.6 is 0 Å². The number of allylic oxidation sites excluding steroid dienone is 1. The number of carbonyl (C=O) groups is 1. The molecule has 1 aromatic carbocycles. The first-order chi connectivity index (χ1) is 18.2. The van der Waals surface area contributed by atoms with Gasteiger partial charge in [-0.05, 0) is 50.5 Å². The second kappa shape index (κ2) is 20.3. The zero-order valence-electron chi connectivity index (χ0n) is 22.7. The molecule has 6 heteroatoms. The summed E-state index contributed by atoms with van der Waals surface area (Å²) >= 11 is 0. The van der Waals surface area contributed by atoms with E-state index in [2.05, 4.69) is 41.2 Å². The number of unbranched alkanes of at least 4 members (excludes halogenated alkanes) is 10. The molecule has 0 unspecified atom stereocenters. The van der Waals surface area contributed by atoms with Crippen LogP contribution < -0.4 is 4.74 Å². The number of rotatable bonds is 22. The van der Waals surface area contributed by atoms with E-state index in [9.17, 15) is 4.79 Å². The summed E-state index contributed by atoms with van der Waals surface area (Å²) in [7, 11) is 0. The van der Waals surface area contributed by atoms with E-state index in [0.29, 0.717) is 12.4 Å². The molecular formula is C31H46N2O4. The van der Waals surface area contributed by atoms with Gasteiger partial charge in [-0.3, -0.25) is 0 Å². The van der Waals surface area contributed by atoms with Crippen molar-refractivity contribution < 1.29 is 19.4 Å². The molecule has 0 bridgehead atoms. The minimum atomic E-state index is -0.858. The highest BCUT2D eigenvalue weighted by Gasteiger charge is 2.03. The zero-order chi connectivity index (χ0) is 26.4. The van der Waals surface area contributed by atoms with Crippen LogP contribution in [0.15, 0.2) is 48.8 Å². The lowest BCUT2D eigenvalue weighted by Gasteiger charge is -2.07. The maximum absolute atomic E-state index is 10.4. The Morgan fingerprint density at radius 1 is 0.811 bits per heavy atom. The predicted molar refractivity (Wildman–Crippen MR) is 150 cm³/mol. The van der Waals surface area contributed by atoms with Gasteiger partial charge in [0.15, 0.2) is 11.6 Å². The normalized spacial score (nSPS) is 11.3. The average Bonchev–Trinajstić information content (AvgIpc) is 2.91. The molecule has 0 fully saturated rings. The number of aryl methyl sites for hydroxylation is 1. The summed E-state index contributed by atoms with van der Waals surface area (Å²) in [6, 6.07) is 8.56. The van der Waals surface area contributed by atoms with Crippen LogP contribution in [0.3, 0.4) is 0 Å². The predicted octanol–water partition coefficient (Wildman–Crippen LogP) is 7.81. The van der Waals surface area contributed by atoms with E-state index in [-0.39, 0.29) is 0 Å². The van der Waals surface area contributed by atoms with Crippen molar-refractivity contribution in [2.24, 2.45) is 0 Å². The Bertz CT molecular complexity index is 866. The van der Waals surface area contributed by atoms with Crippen molar-refractivity contribution >= 4 is 5.97 Å². The number of hydrogen-bond donors (Lipinski definition) is 1. The lowest BCUT2D eigenvalue weighted by atomic mass is 10.0. The molecule has 1 heterocycles. The monoisotopic (exact) mass is 510 g/mol. The fourth-order valence-corrected chi connectivity index (χ4v) is 4.07. The second-order valence-corrected chi connectivity index (χ2v) is 9.57. The van der Waals surface area contributed by atoms with E-state index < -0.39 is 5.97 Å². The molecule has 0 aliphatic rings. The van der Waals surface area contributed by atoms with Gasteiger partial charge in [0.25, 0.3) is 0 Å². The molecule has 2 rings (SSSR count). The molecule has 2 aromatic rings. The fraction of sp³-hybridized carbons (Fsp3) is 0.581. The number of hydrogen-bond acceptors (Lipinski definition) is 5. The summed E-state index contributed by atoms with van der Waals surface area (Å²) in [5.41, 5.74) is 2.37. The van der Waals surface area contributed by atoms with Gasteiger partial charge in [-0.1, -0.05) is 82.2 Å². The first kappa shape index (κ1) is 30.5. The molecule has 0 radical (unpaired) electrons. The van der Waals surface area contributed by atoms with Crippen molar-refractivity contribution in [3.05, 3.63) is 54.4 Å². The van der Waals surface area contributed by atoms with Crippen molar-refractivity contribution in [3.63, 3.8) is 0 Å². The zero-order valence-corrected chi connectivity index (χ0v) is 22.7. The van der Waals surface area contributed by atoms with Gasteiger partial charge in [-0.15, -0.1) is 0 Å². The number of carboxylic acid groups (broad SMARTS) is 1. The minimum Gasteiger partial charge on any atom is -0.490 e. The summed E-state index contributed by atoms with van der Waals surface area (Å²) in [5.74, 6) is 0.570. The van der Waals surface area contributed by atoms with Gasteiger partial charge in [-0.2, -0.15) is 0 Å². The van der Waals surface area contributed by atoms with E-state index in [1.54, 1.807) is 18.5 Å². The molecule has 0 spiro atoms. The highest BCUT2D eigenvalue weighted by molar-refractivity contribution is 5.79. The number of benzene rings is 1. The fourth-order valence-electron chi connectivity index (χ4n) is 4.07. The molecule has 0 aliphatic carbocycles. The van der Waals surface area contributed by atoms with Crippen LogP contribution in [-0.4, -0.2) is 40.9 Å². The minimum absolute atomic E-state index is 0.655. The molecule has 0 amide bonds. The van der Waals surface area contributed by atoms with Gasteiger partial charge in [0.2, 0.25) is 0 Å². The molecule has 0 saturated heterocycles. The summed E-state index contributed by atoms with van der Waals surface area (Å²) < 4.78 is 11.4. The molecule has 0 atom stereocenters. The lowest BCUT2D eigenvalue weighted by Crippen LogP contribution is -2.02. The van der Waals surface area contributed by atoms with Gasteiger partial charge < -0.3 is 14.6 Å². The van der Waals surface area contributed by atoms with Crippen molar-refractivity contribution in [2.75, 3.05) is 19.8 Å². The third-order valence-corrected chi connectivity index (χ3v) is 6.28. The first-order valence-corrected chi connectivity index (χ1v) is 14.2. The van der Waals surface area contributed by atoms with Crippen LogP contribution in [0, 0.1) is 0 Å². The number of ether oxygens (including phenoxy) is 2. The van der Waals surface area contributed by atoms with Crippen molar-refractivity contribution in [2.45, 2.75) is 96.8 Å². The van der Waals surface area contributed by atoms with E-state index in [4.69, 9.17) is 14.6 Å². The standard InChI is InChI=1S/C31H46N2O4/c1-2-3-13-22-36-23-14-15-24-37-29-25-32-31(33-26-29)28-20-18-27(19-21-28)16-11-9-7-5-4-6-8-10-12-17-30(34)35/h12,17-21,25-26H,2-11,13-16,22-24H2,1H3,(H,34,35)/b17-12+. The van der Waals surface area contributed by atoms with Gasteiger partial charge >= 0.3 is 5.97 Å². The Morgan fingerprint density at radius 3 is 2.11 bits per heavy atom. The van der Waals surface area contributed by atoms with Gasteiger partial charge in [0.05, 0.1) is 19.0 Å². The maximum atomic E-state index is 10.4. The summed E-state index contributed by atoms with van der Waals surface area (Å²) in [5, 5.41) is 8.56. The molecule has 6 nitrogen and oxygen atoms in total. The Kier molecular flexibility index (Phi) is 16.8. The summed E-state index contributed by atoms with van der Waals surface area (Å²) in [4.78, 5) is 19.4. The first-order valence-electron chi connectivity index (χ1n) is 14.2. The van der Waals surface area contributed by atoms with Gasteiger partial charge in [0, 0.05) is 24.9 Å². The van der Waals surface area contributed by atoms with E-state index >= 15 is 0 Å². The van der Waals surface area contributed by atoms with Crippen LogP contribution in [0.4, 0.5) is 0 Å². The largest absolute Gasteiger partial charge is 0.490 e. The third-order valence-electron chi connectivity index (χ3n) is 6.28. The van der Waals surface area contributed by atoms with Crippen LogP contribution in [0.5, 0.6) is 5.75 Å². The van der Waals surface area contributed by atoms with Crippen molar-refractivity contribution in [1.82, 2.24) is 9.97 Å². The van der Waals surface area contributed by atoms with E-state index in [0.717, 1.165) is 63.1 Å². The number of aliphatic carboxylic acids is 1. The van der Waals surface area contributed by atoms with Crippen LogP contribution in [0.1, 0.15) is 96.0 Å². The lowest BCUT2D eigenvalue weighted by molar-refractivity contribution is -0.131. The number of nitrogens with zero attached hydrogens (tertiary/aromatic N) is 2. The summed E-state index contributed by atoms with van der Waals surface area (Å²) in [6.07, 6.45) is 22.5. The number of aromatic nitrogens is 2. The van der Waals surface area contributed by atoms with Crippen LogP contribution in [0.2, 0.25) is 0 Å². The molecule has 204 valence electrons. The Morgan fingerprint density at radius 2 is 1.43 bits per heavy atom. The Balaban J connectivity index is 1.53. The molecule has 37 heavy (non-hydrogen) atoms. The van der Waals surface area contributed by atoms with Crippen molar-refractivity contribution in [1.29, 1.82) is 0 Å². The van der Waals surface area contributed by atoms with Crippen LogP contribution in [0.25, 0.3) is 11.4 Å². The number of carboxylic acids is 1. The molecule has 1 aromatic heterocycles. The van der Waals surface area contributed by atoms with E-state index in [1.807, 2.05) is 0 Å². The van der Waals surface area contributed by atoms with Crippen LogP contribution in [-0.2, 0) is 16.0 Å². The maximum Gasteiger partial charge on any atom is 0.327 e.